The average molecular weight is 398 g/mol. The maximum Gasteiger partial charge on any atom is 0.340 e. The lowest BCUT2D eigenvalue weighted by atomic mass is 10.0. The molecule has 142 valence electrons. The Bertz CT molecular complexity index is 1060. The van der Waals surface area contributed by atoms with Crippen molar-refractivity contribution in [2.24, 2.45) is 0 Å². The molecule has 28 heavy (non-hydrogen) atoms. The number of ether oxygens (including phenoxy) is 3. The van der Waals surface area contributed by atoms with Crippen LogP contribution >= 0.6 is 11.6 Å². The highest BCUT2D eigenvalue weighted by Gasteiger charge is 2.38. The Hall–Kier alpha value is -3.25. The maximum absolute atomic E-state index is 13.2. The van der Waals surface area contributed by atoms with E-state index >= 15 is 0 Å². The maximum atomic E-state index is 13.2. The van der Waals surface area contributed by atoms with Crippen molar-refractivity contribution >= 4 is 35.2 Å². The highest BCUT2D eigenvalue weighted by Crippen LogP contribution is 2.39. The molecule has 6 nitrogen and oxygen atoms in total. The first-order valence-electron chi connectivity index (χ1n) is 8.51. The Morgan fingerprint density at radius 3 is 2.68 bits per heavy atom. The van der Waals surface area contributed by atoms with Gasteiger partial charge in [-0.3, -0.25) is 9.69 Å². The van der Waals surface area contributed by atoms with E-state index in [1.54, 1.807) is 55.5 Å². The van der Waals surface area contributed by atoms with Crippen LogP contribution in [0, 0.1) is 0 Å². The zero-order valence-electron chi connectivity index (χ0n) is 15.2. The van der Waals surface area contributed by atoms with Crippen LogP contribution in [0.4, 0.5) is 5.69 Å². The van der Waals surface area contributed by atoms with Gasteiger partial charge < -0.3 is 14.2 Å². The summed E-state index contributed by atoms with van der Waals surface area (Å²) in [6.45, 7) is 1.84. The zero-order valence-corrected chi connectivity index (χ0v) is 15.9. The van der Waals surface area contributed by atoms with Gasteiger partial charge in [0.2, 0.25) is 6.79 Å². The summed E-state index contributed by atoms with van der Waals surface area (Å²) in [6, 6.07) is 12.3. The van der Waals surface area contributed by atoms with E-state index in [9.17, 15) is 9.59 Å². The predicted molar refractivity (Wildman–Crippen MR) is 104 cm³/mol. The quantitative estimate of drug-likeness (QED) is 0.579. The minimum absolute atomic E-state index is 0.154. The summed E-state index contributed by atoms with van der Waals surface area (Å²) in [5.41, 5.74) is 2.08. The predicted octanol–water partition coefficient (Wildman–Crippen LogP) is 3.95. The normalized spacial score (nSPS) is 16.9. The monoisotopic (exact) mass is 397 g/mol. The van der Waals surface area contributed by atoms with Gasteiger partial charge in [-0.2, -0.15) is 0 Å². The molecule has 0 spiro atoms. The van der Waals surface area contributed by atoms with Crippen molar-refractivity contribution < 1.29 is 23.8 Å². The molecule has 0 saturated heterocycles. The van der Waals surface area contributed by atoms with Crippen molar-refractivity contribution in [2.75, 3.05) is 18.8 Å². The number of hydrogen-bond acceptors (Lipinski definition) is 5. The van der Waals surface area contributed by atoms with Gasteiger partial charge in [-0.25, -0.2) is 4.79 Å². The topological polar surface area (TPSA) is 65.1 Å². The summed E-state index contributed by atoms with van der Waals surface area (Å²) in [5.74, 6) is 0.275. The van der Waals surface area contributed by atoms with E-state index in [-0.39, 0.29) is 23.8 Å². The van der Waals surface area contributed by atoms with E-state index in [1.165, 1.54) is 12.0 Å². The Kier molecular flexibility index (Phi) is 4.57. The summed E-state index contributed by atoms with van der Waals surface area (Å²) >= 11 is 6.29. The number of rotatable bonds is 3. The molecule has 0 aliphatic carbocycles. The second-order valence-electron chi connectivity index (χ2n) is 6.21. The molecule has 2 aliphatic heterocycles. The van der Waals surface area contributed by atoms with Crippen LogP contribution in [0.2, 0.25) is 5.02 Å². The lowest BCUT2D eigenvalue weighted by Gasteiger charge is -2.19. The minimum atomic E-state index is -0.590. The highest BCUT2D eigenvalue weighted by molar-refractivity contribution is 6.35. The number of esters is 1. The van der Waals surface area contributed by atoms with Crippen LogP contribution in [-0.4, -0.2) is 25.8 Å². The minimum Gasteiger partial charge on any atom is -0.465 e. The van der Waals surface area contributed by atoms with Gasteiger partial charge in [0, 0.05) is 5.70 Å². The first-order chi connectivity index (χ1) is 13.5. The third-order valence-electron chi connectivity index (χ3n) is 4.59. The number of amides is 1. The molecule has 0 saturated carbocycles. The fourth-order valence-corrected chi connectivity index (χ4v) is 3.49. The lowest BCUT2D eigenvalue weighted by molar-refractivity contribution is -0.136. The van der Waals surface area contributed by atoms with Gasteiger partial charge in [0.25, 0.3) is 5.91 Å². The number of nitrogens with zero attached hydrogens (tertiary/aromatic N) is 1. The molecular formula is C21H16ClNO5. The van der Waals surface area contributed by atoms with Crippen molar-refractivity contribution in [3.63, 3.8) is 0 Å². The fourth-order valence-electron chi connectivity index (χ4n) is 3.27. The highest BCUT2D eigenvalue weighted by atomic mass is 35.5. The second kappa shape index (κ2) is 7.05. The molecule has 2 aromatic rings. The Morgan fingerprint density at radius 1 is 1.18 bits per heavy atom. The number of allylic oxidation sites excluding steroid dienone is 1. The summed E-state index contributed by atoms with van der Waals surface area (Å²) in [6.07, 6.45) is 1.64. The number of carbonyl (C=O) groups is 2. The zero-order chi connectivity index (χ0) is 19.8. The molecule has 2 aromatic carbocycles. The van der Waals surface area contributed by atoms with Gasteiger partial charge >= 0.3 is 5.97 Å². The van der Waals surface area contributed by atoms with Gasteiger partial charge in [-0.05, 0) is 42.8 Å². The van der Waals surface area contributed by atoms with Crippen molar-refractivity contribution in [1.29, 1.82) is 0 Å². The standard InChI is InChI=1S/C21H16ClNO5/c1-12-19(21(25)26-2)14(9-13-7-8-17-18(10-13)28-11-27-17)20(24)23(12)16-6-4-3-5-15(16)22/h3-10H,11H2,1-2H3/b14-9-. The van der Waals surface area contributed by atoms with Gasteiger partial charge in [0.15, 0.2) is 11.5 Å². The number of fused-ring (bicyclic) bond motifs is 1. The third-order valence-corrected chi connectivity index (χ3v) is 4.91. The number of carbonyl (C=O) groups excluding carboxylic acids is 2. The van der Waals surface area contributed by atoms with Crippen molar-refractivity contribution in [1.82, 2.24) is 0 Å². The number of anilines is 1. The molecular weight excluding hydrogens is 382 g/mol. The number of benzene rings is 2. The van der Waals surface area contributed by atoms with Gasteiger partial charge in [0.05, 0.1) is 29.0 Å². The molecule has 1 amide bonds. The van der Waals surface area contributed by atoms with Crippen LogP contribution in [0.1, 0.15) is 12.5 Å². The Labute approximate surface area is 166 Å². The second-order valence-corrected chi connectivity index (χ2v) is 6.62. The van der Waals surface area contributed by atoms with Crippen LogP contribution in [0.25, 0.3) is 6.08 Å². The fraction of sp³-hybridized carbons (Fsp3) is 0.143. The average Bonchev–Trinajstić information content (AvgIpc) is 3.25. The molecule has 0 atom stereocenters. The van der Waals surface area contributed by atoms with Gasteiger partial charge in [0.1, 0.15) is 0 Å². The summed E-state index contributed by atoms with van der Waals surface area (Å²) in [5, 5.41) is 0.406. The first-order valence-corrected chi connectivity index (χ1v) is 8.89. The van der Waals surface area contributed by atoms with E-state index in [0.29, 0.717) is 33.5 Å². The van der Waals surface area contributed by atoms with Crippen LogP contribution < -0.4 is 14.4 Å². The number of methoxy groups -OCH3 is 1. The molecule has 0 aromatic heterocycles. The van der Waals surface area contributed by atoms with Crippen LogP contribution in [0.15, 0.2) is 59.3 Å². The van der Waals surface area contributed by atoms with Gasteiger partial charge in [-0.15, -0.1) is 0 Å². The number of hydrogen-bond donors (Lipinski definition) is 0. The Balaban J connectivity index is 1.83. The molecule has 0 N–H and O–H groups in total. The molecule has 7 heteroatoms. The summed E-state index contributed by atoms with van der Waals surface area (Å²) in [4.78, 5) is 27.1. The van der Waals surface area contributed by atoms with E-state index < -0.39 is 5.97 Å². The van der Waals surface area contributed by atoms with E-state index in [2.05, 4.69) is 0 Å². The number of para-hydroxylation sites is 1. The largest absolute Gasteiger partial charge is 0.465 e. The van der Waals surface area contributed by atoms with Crippen LogP contribution in [0.3, 0.4) is 0 Å². The molecule has 0 fully saturated rings. The van der Waals surface area contributed by atoms with E-state index in [4.69, 9.17) is 25.8 Å². The number of halogens is 1. The van der Waals surface area contributed by atoms with Crippen molar-refractivity contribution in [2.45, 2.75) is 6.92 Å². The smallest absolute Gasteiger partial charge is 0.340 e. The van der Waals surface area contributed by atoms with Gasteiger partial charge in [-0.1, -0.05) is 29.8 Å². The van der Waals surface area contributed by atoms with E-state index in [1.807, 2.05) is 0 Å². The van der Waals surface area contributed by atoms with Crippen molar-refractivity contribution in [3.05, 3.63) is 69.9 Å². The first kappa shape index (κ1) is 18.1. The molecule has 4 rings (SSSR count). The summed E-state index contributed by atoms with van der Waals surface area (Å²) in [7, 11) is 1.28. The van der Waals surface area contributed by atoms with Crippen molar-refractivity contribution in [3.8, 4) is 11.5 Å². The molecule has 0 bridgehead atoms. The molecule has 2 aliphatic rings. The molecule has 0 unspecified atom stereocenters. The SMILES string of the molecule is COC(=O)C1=C(C)N(c2ccccc2Cl)C(=O)/C1=C\c1ccc2c(c1)OCO2. The summed E-state index contributed by atoms with van der Waals surface area (Å²) < 4.78 is 15.6. The van der Waals surface area contributed by atoms with Crippen LogP contribution in [0.5, 0.6) is 11.5 Å². The van der Waals surface area contributed by atoms with Crippen LogP contribution in [-0.2, 0) is 14.3 Å². The third kappa shape index (κ3) is 2.92. The molecule has 0 radical (unpaired) electrons. The molecule has 2 heterocycles. The van der Waals surface area contributed by atoms with E-state index in [0.717, 1.165) is 0 Å². The lowest BCUT2D eigenvalue weighted by Crippen LogP contribution is -2.24. The Morgan fingerprint density at radius 2 is 1.93 bits per heavy atom.